The zero-order chi connectivity index (χ0) is 31.5. The number of fused-ring (bicyclic) bond motifs is 1. The zero-order valence-electron chi connectivity index (χ0n) is 27.1. The Hall–Kier alpha value is -4.14. The van der Waals surface area contributed by atoms with Crippen LogP contribution in [0.15, 0.2) is 72.8 Å². The molecule has 5 aromatic rings. The third kappa shape index (κ3) is 7.87. The molecule has 0 aliphatic heterocycles. The zero-order valence-corrected chi connectivity index (χ0v) is 27.1. The van der Waals surface area contributed by atoms with Crippen molar-refractivity contribution in [3.8, 4) is 17.1 Å². The predicted octanol–water partition coefficient (Wildman–Crippen LogP) is 7.89. The standard InChI is InChI=1S/C34H39N5O3.C2H6/c1-6-29-32(28-17-18-30(23(2)3)36-34(28)40-5)37-31-24(4)38-39(33(31)35-29)27(21-41-19-25-13-9-7-10-14-25)22-42-20-26-15-11-8-12-16-26;1-2/h7-18,23,27H,6,19-22H2,1-5H3;1-2H3. The van der Waals surface area contributed by atoms with Crippen LogP contribution in [0, 0.1) is 6.92 Å². The monoisotopic (exact) mass is 595 g/mol. The van der Waals surface area contributed by atoms with E-state index < -0.39 is 0 Å². The molecule has 8 heteroatoms. The van der Waals surface area contributed by atoms with E-state index in [2.05, 4.69) is 45.0 Å². The quantitative estimate of drug-likeness (QED) is 0.137. The SMILES string of the molecule is CC.CCc1nc2c(nc1-c1ccc(C(C)C)nc1OC)c(C)nn2C(COCc1ccccc1)COCc1ccccc1. The summed E-state index contributed by atoms with van der Waals surface area (Å²) in [5, 5.41) is 4.92. The first-order valence-electron chi connectivity index (χ1n) is 15.5. The average Bonchev–Trinajstić information content (AvgIpc) is 3.39. The van der Waals surface area contributed by atoms with Gasteiger partial charge in [-0.05, 0) is 42.5 Å². The first kappa shape index (κ1) is 32.8. The number of hydrogen-bond donors (Lipinski definition) is 0. The van der Waals surface area contributed by atoms with Crippen molar-refractivity contribution in [3.05, 3.63) is 101 Å². The summed E-state index contributed by atoms with van der Waals surface area (Å²) in [5.74, 6) is 0.842. The molecule has 0 amide bonds. The number of nitrogens with zero attached hydrogens (tertiary/aromatic N) is 5. The normalized spacial score (nSPS) is 11.2. The predicted molar refractivity (Wildman–Crippen MR) is 176 cm³/mol. The minimum atomic E-state index is -0.194. The van der Waals surface area contributed by atoms with E-state index >= 15 is 0 Å². The number of rotatable bonds is 13. The van der Waals surface area contributed by atoms with Gasteiger partial charge in [0.05, 0.1) is 56.2 Å². The number of aromatic nitrogens is 5. The van der Waals surface area contributed by atoms with Crippen molar-refractivity contribution in [3.63, 3.8) is 0 Å². The minimum Gasteiger partial charge on any atom is -0.480 e. The number of methoxy groups -OCH3 is 1. The number of pyridine rings is 1. The van der Waals surface area contributed by atoms with Crippen molar-refractivity contribution in [1.82, 2.24) is 24.7 Å². The molecule has 0 spiro atoms. The fourth-order valence-electron chi connectivity index (χ4n) is 4.91. The Balaban J connectivity index is 0.00000216. The maximum atomic E-state index is 6.19. The molecule has 0 bridgehead atoms. The number of benzene rings is 2. The van der Waals surface area contributed by atoms with Gasteiger partial charge in [-0.15, -0.1) is 0 Å². The second kappa shape index (κ2) is 16.1. The van der Waals surface area contributed by atoms with E-state index in [1.165, 1.54) is 0 Å². The summed E-state index contributed by atoms with van der Waals surface area (Å²) in [4.78, 5) is 15.0. The van der Waals surface area contributed by atoms with Gasteiger partial charge in [-0.3, -0.25) is 0 Å². The van der Waals surface area contributed by atoms with Gasteiger partial charge in [0, 0.05) is 5.69 Å². The molecule has 0 fully saturated rings. The fourth-order valence-corrected chi connectivity index (χ4v) is 4.91. The van der Waals surface area contributed by atoms with E-state index in [0.717, 1.165) is 50.6 Å². The largest absolute Gasteiger partial charge is 0.480 e. The fraction of sp³-hybridized carbons (Fsp3) is 0.389. The molecule has 0 saturated carbocycles. The molecule has 8 nitrogen and oxygen atoms in total. The van der Waals surface area contributed by atoms with Crippen LogP contribution in [-0.4, -0.2) is 45.1 Å². The molecule has 0 N–H and O–H groups in total. The van der Waals surface area contributed by atoms with Crippen LogP contribution in [0.25, 0.3) is 22.4 Å². The Bertz CT molecular complexity index is 1560. The van der Waals surface area contributed by atoms with E-state index in [1.54, 1.807) is 7.11 Å². The number of aryl methyl sites for hydroxylation is 2. The minimum absolute atomic E-state index is 0.194. The third-order valence-electron chi connectivity index (χ3n) is 7.21. The van der Waals surface area contributed by atoms with Crippen LogP contribution in [0.1, 0.15) is 74.8 Å². The molecule has 44 heavy (non-hydrogen) atoms. The lowest BCUT2D eigenvalue weighted by molar-refractivity contribution is 0.0289. The first-order chi connectivity index (χ1) is 21.5. The molecule has 0 atom stereocenters. The molecule has 0 aliphatic rings. The molecule has 5 rings (SSSR count). The molecule has 3 heterocycles. The summed E-state index contributed by atoms with van der Waals surface area (Å²) in [7, 11) is 1.65. The maximum Gasteiger partial charge on any atom is 0.222 e. The summed E-state index contributed by atoms with van der Waals surface area (Å²) in [6.45, 7) is 14.1. The highest BCUT2D eigenvalue weighted by Gasteiger charge is 2.24. The first-order valence-corrected chi connectivity index (χ1v) is 15.5. The summed E-state index contributed by atoms with van der Waals surface area (Å²) in [5.41, 5.74) is 7.92. The van der Waals surface area contributed by atoms with E-state index in [0.29, 0.717) is 38.7 Å². The van der Waals surface area contributed by atoms with Gasteiger partial charge in [0.1, 0.15) is 11.6 Å². The van der Waals surface area contributed by atoms with Crippen molar-refractivity contribution in [1.29, 1.82) is 0 Å². The van der Waals surface area contributed by atoms with Crippen molar-refractivity contribution < 1.29 is 14.2 Å². The second-order valence-electron chi connectivity index (χ2n) is 10.7. The highest BCUT2D eigenvalue weighted by molar-refractivity contribution is 5.79. The summed E-state index contributed by atoms with van der Waals surface area (Å²) >= 11 is 0. The second-order valence-corrected chi connectivity index (χ2v) is 10.7. The van der Waals surface area contributed by atoms with Crippen molar-refractivity contribution in [2.24, 2.45) is 0 Å². The Morgan fingerprint density at radius 1 is 0.773 bits per heavy atom. The molecule has 0 unspecified atom stereocenters. The lowest BCUT2D eigenvalue weighted by Gasteiger charge is -2.19. The van der Waals surface area contributed by atoms with Crippen molar-refractivity contribution in [2.75, 3.05) is 20.3 Å². The van der Waals surface area contributed by atoms with Gasteiger partial charge in [-0.25, -0.2) is 19.6 Å². The van der Waals surface area contributed by atoms with Gasteiger partial charge in [-0.1, -0.05) is 95.3 Å². The van der Waals surface area contributed by atoms with Gasteiger partial charge in [0.15, 0.2) is 5.65 Å². The Kier molecular flexibility index (Phi) is 12.0. The van der Waals surface area contributed by atoms with Crippen molar-refractivity contribution in [2.45, 2.75) is 73.1 Å². The molecule has 0 aliphatic carbocycles. The average molecular weight is 596 g/mol. The summed E-state index contributed by atoms with van der Waals surface area (Å²) in [6.07, 6.45) is 0.692. The smallest absolute Gasteiger partial charge is 0.222 e. The molecular weight excluding hydrogens is 550 g/mol. The van der Waals surface area contributed by atoms with E-state index in [9.17, 15) is 0 Å². The van der Waals surface area contributed by atoms with Crippen LogP contribution in [0.4, 0.5) is 0 Å². The van der Waals surface area contributed by atoms with Crippen LogP contribution in [-0.2, 0) is 29.1 Å². The Morgan fingerprint density at radius 3 is 1.89 bits per heavy atom. The van der Waals surface area contributed by atoms with Crippen LogP contribution >= 0.6 is 0 Å². The van der Waals surface area contributed by atoms with Crippen LogP contribution in [0.5, 0.6) is 5.88 Å². The molecule has 0 radical (unpaired) electrons. The summed E-state index contributed by atoms with van der Waals surface area (Å²) < 4.78 is 20.0. The Morgan fingerprint density at radius 2 is 1.36 bits per heavy atom. The maximum absolute atomic E-state index is 6.19. The van der Waals surface area contributed by atoms with Crippen LogP contribution in [0.2, 0.25) is 0 Å². The highest BCUT2D eigenvalue weighted by atomic mass is 16.5. The van der Waals surface area contributed by atoms with Crippen LogP contribution < -0.4 is 4.74 Å². The van der Waals surface area contributed by atoms with Crippen molar-refractivity contribution >= 4 is 11.2 Å². The van der Waals surface area contributed by atoms with Gasteiger partial charge in [0.2, 0.25) is 5.88 Å². The van der Waals surface area contributed by atoms with Gasteiger partial charge in [-0.2, -0.15) is 5.10 Å². The number of ether oxygens (including phenoxy) is 3. The Labute approximate surface area is 261 Å². The van der Waals surface area contributed by atoms with Gasteiger partial charge < -0.3 is 14.2 Å². The molecular formula is C36H45N5O3. The van der Waals surface area contributed by atoms with Gasteiger partial charge in [0.25, 0.3) is 0 Å². The lowest BCUT2D eigenvalue weighted by Crippen LogP contribution is -2.23. The number of hydrogen-bond acceptors (Lipinski definition) is 7. The highest BCUT2D eigenvalue weighted by Crippen LogP contribution is 2.33. The lowest BCUT2D eigenvalue weighted by atomic mass is 10.1. The topological polar surface area (TPSA) is 84.2 Å². The molecule has 3 aromatic heterocycles. The van der Waals surface area contributed by atoms with Crippen LogP contribution in [0.3, 0.4) is 0 Å². The van der Waals surface area contributed by atoms with E-state index in [1.807, 2.05) is 74.0 Å². The molecule has 0 saturated heterocycles. The molecule has 2 aromatic carbocycles. The van der Waals surface area contributed by atoms with E-state index in [4.69, 9.17) is 34.3 Å². The van der Waals surface area contributed by atoms with E-state index in [-0.39, 0.29) is 12.0 Å². The third-order valence-corrected chi connectivity index (χ3v) is 7.21. The van der Waals surface area contributed by atoms with Gasteiger partial charge >= 0.3 is 0 Å². The summed E-state index contributed by atoms with van der Waals surface area (Å²) in [6, 6.07) is 24.2. The molecule has 232 valence electrons.